The largest absolute Gasteiger partial charge is 0.477 e. The predicted molar refractivity (Wildman–Crippen MR) is 51.6 cm³/mol. The highest BCUT2D eigenvalue weighted by Gasteiger charge is 2.23. The van der Waals surface area contributed by atoms with Crippen LogP contribution in [0.1, 0.15) is 28.0 Å². The standard InChI is InChI=1S/C8H6BrF2NO3/c9-1-3-2-12-5(8(14)15)4(6(3)13)7(10)11/h2,7H,1H2,(H,12,13)(H,14,15). The molecule has 82 valence electrons. The van der Waals surface area contributed by atoms with E-state index in [9.17, 15) is 18.4 Å². The van der Waals surface area contributed by atoms with Crippen LogP contribution in [0.2, 0.25) is 0 Å². The SMILES string of the molecule is O=C(O)c1[nH]cc(CBr)c(=O)c1C(F)F. The average Bonchev–Trinajstić information content (AvgIpc) is 2.16. The molecular weight excluding hydrogens is 276 g/mol. The zero-order valence-corrected chi connectivity index (χ0v) is 8.85. The van der Waals surface area contributed by atoms with Gasteiger partial charge in [-0.25, -0.2) is 13.6 Å². The molecule has 0 aliphatic carbocycles. The number of alkyl halides is 3. The maximum atomic E-state index is 12.5. The van der Waals surface area contributed by atoms with Crippen LogP contribution in [0, 0.1) is 0 Å². The summed E-state index contributed by atoms with van der Waals surface area (Å²) >= 11 is 2.94. The number of carboxylic acids is 1. The number of rotatable bonds is 3. The van der Waals surface area contributed by atoms with Gasteiger partial charge >= 0.3 is 5.97 Å². The predicted octanol–water partition coefficient (Wildman–Crippen LogP) is 1.91. The first-order valence-electron chi connectivity index (χ1n) is 3.81. The van der Waals surface area contributed by atoms with E-state index in [1.54, 1.807) is 0 Å². The zero-order chi connectivity index (χ0) is 11.6. The third kappa shape index (κ3) is 2.23. The number of carboxylic acid groups (broad SMARTS) is 1. The van der Waals surface area contributed by atoms with Crippen LogP contribution in [-0.2, 0) is 5.33 Å². The fourth-order valence-corrected chi connectivity index (χ4v) is 1.49. The smallest absolute Gasteiger partial charge is 0.352 e. The summed E-state index contributed by atoms with van der Waals surface area (Å²) in [7, 11) is 0. The maximum absolute atomic E-state index is 12.5. The number of H-pyrrole nitrogens is 1. The number of pyridine rings is 1. The van der Waals surface area contributed by atoms with Gasteiger partial charge in [0.2, 0.25) is 0 Å². The van der Waals surface area contributed by atoms with Crippen molar-refractivity contribution < 1.29 is 18.7 Å². The van der Waals surface area contributed by atoms with Crippen LogP contribution < -0.4 is 5.43 Å². The molecule has 1 rings (SSSR count). The van der Waals surface area contributed by atoms with Crippen LogP contribution >= 0.6 is 15.9 Å². The molecule has 0 radical (unpaired) electrons. The Kier molecular flexibility index (Phi) is 3.57. The van der Waals surface area contributed by atoms with E-state index in [1.807, 2.05) is 0 Å². The van der Waals surface area contributed by atoms with Crippen molar-refractivity contribution in [2.75, 3.05) is 0 Å². The van der Waals surface area contributed by atoms with Crippen molar-refractivity contribution in [2.24, 2.45) is 0 Å². The number of nitrogens with one attached hydrogen (secondary N) is 1. The second kappa shape index (κ2) is 4.52. The average molecular weight is 282 g/mol. The Bertz CT molecular complexity index is 444. The summed E-state index contributed by atoms with van der Waals surface area (Å²) in [5.41, 5.74) is -2.65. The number of hydrogen-bond acceptors (Lipinski definition) is 2. The fourth-order valence-electron chi connectivity index (χ4n) is 1.07. The Morgan fingerprint density at radius 2 is 2.20 bits per heavy atom. The number of aromatic carboxylic acids is 1. The Labute approximate surface area is 91.1 Å². The van der Waals surface area contributed by atoms with Crippen LogP contribution in [0.15, 0.2) is 11.0 Å². The van der Waals surface area contributed by atoms with Crippen LogP contribution in [0.25, 0.3) is 0 Å². The molecule has 0 aliphatic heterocycles. The van der Waals surface area contributed by atoms with Gasteiger partial charge in [-0.05, 0) is 0 Å². The molecule has 1 aromatic heterocycles. The third-order valence-electron chi connectivity index (χ3n) is 1.77. The van der Waals surface area contributed by atoms with Crippen LogP contribution in [0.3, 0.4) is 0 Å². The molecule has 0 atom stereocenters. The van der Waals surface area contributed by atoms with Gasteiger partial charge in [0.05, 0.1) is 5.56 Å². The highest BCUT2D eigenvalue weighted by Crippen LogP contribution is 2.19. The maximum Gasteiger partial charge on any atom is 0.352 e. The molecule has 2 N–H and O–H groups in total. The normalized spacial score (nSPS) is 10.7. The molecule has 0 amide bonds. The van der Waals surface area contributed by atoms with Crippen LogP contribution in [0.4, 0.5) is 8.78 Å². The molecule has 1 aromatic rings. The minimum Gasteiger partial charge on any atom is -0.477 e. The van der Waals surface area contributed by atoms with E-state index in [0.717, 1.165) is 6.20 Å². The van der Waals surface area contributed by atoms with E-state index >= 15 is 0 Å². The highest BCUT2D eigenvalue weighted by molar-refractivity contribution is 9.08. The lowest BCUT2D eigenvalue weighted by Crippen LogP contribution is -2.20. The van der Waals surface area contributed by atoms with E-state index < -0.39 is 29.1 Å². The number of hydrogen-bond donors (Lipinski definition) is 2. The Balaban J connectivity index is 3.52. The summed E-state index contributed by atoms with van der Waals surface area (Å²) in [6, 6.07) is 0. The summed E-state index contributed by atoms with van der Waals surface area (Å²) < 4.78 is 24.9. The first kappa shape index (κ1) is 11.8. The molecule has 1 heterocycles. The topological polar surface area (TPSA) is 70.2 Å². The van der Waals surface area contributed by atoms with Gasteiger partial charge in [0, 0.05) is 17.1 Å². The summed E-state index contributed by atoms with van der Waals surface area (Å²) in [6.45, 7) is 0. The minimum atomic E-state index is -3.11. The van der Waals surface area contributed by atoms with Crippen molar-refractivity contribution in [1.29, 1.82) is 0 Å². The van der Waals surface area contributed by atoms with E-state index in [2.05, 4.69) is 20.9 Å². The molecule has 4 nitrogen and oxygen atoms in total. The van der Waals surface area contributed by atoms with Gasteiger partial charge in [-0.1, -0.05) is 15.9 Å². The lowest BCUT2D eigenvalue weighted by Gasteiger charge is -2.05. The number of halogens is 3. The molecule has 0 saturated carbocycles. The quantitative estimate of drug-likeness (QED) is 0.832. The highest BCUT2D eigenvalue weighted by atomic mass is 79.9. The number of carbonyl (C=O) groups is 1. The van der Waals surface area contributed by atoms with Crippen molar-refractivity contribution in [3.63, 3.8) is 0 Å². The molecule has 0 bridgehead atoms. The third-order valence-corrected chi connectivity index (χ3v) is 2.38. The van der Waals surface area contributed by atoms with Crippen LogP contribution in [-0.4, -0.2) is 16.1 Å². The van der Waals surface area contributed by atoms with E-state index in [0.29, 0.717) is 0 Å². The van der Waals surface area contributed by atoms with Crippen molar-refractivity contribution in [3.05, 3.63) is 33.2 Å². The number of aromatic amines is 1. The van der Waals surface area contributed by atoms with Gasteiger partial charge in [0.1, 0.15) is 5.69 Å². The summed E-state index contributed by atoms with van der Waals surface area (Å²) in [4.78, 5) is 24.1. The first-order valence-corrected chi connectivity index (χ1v) is 4.93. The zero-order valence-electron chi connectivity index (χ0n) is 7.26. The van der Waals surface area contributed by atoms with Gasteiger partial charge in [0.15, 0.2) is 5.43 Å². The van der Waals surface area contributed by atoms with Crippen molar-refractivity contribution >= 4 is 21.9 Å². The Morgan fingerprint density at radius 1 is 1.60 bits per heavy atom. The van der Waals surface area contributed by atoms with Gasteiger partial charge in [-0.15, -0.1) is 0 Å². The first-order chi connectivity index (χ1) is 6.99. The molecule has 0 aromatic carbocycles. The molecule has 0 spiro atoms. The van der Waals surface area contributed by atoms with Gasteiger partial charge in [-0.3, -0.25) is 4.79 Å². The molecule has 0 saturated heterocycles. The van der Waals surface area contributed by atoms with Gasteiger partial charge in [0.25, 0.3) is 6.43 Å². The van der Waals surface area contributed by atoms with E-state index in [4.69, 9.17) is 5.11 Å². The monoisotopic (exact) mass is 281 g/mol. The molecular formula is C8H6BrF2NO3. The molecule has 0 fully saturated rings. The second-order valence-electron chi connectivity index (χ2n) is 2.67. The van der Waals surface area contributed by atoms with Crippen molar-refractivity contribution in [1.82, 2.24) is 4.98 Å². The van der Waals surface area contributed by atoms with Crippen molar-refractivity contribution in [2.45, 2.75) is 11.8 Å². The lowest BCUT2D eigenvalue weighted by atomic mass is 10.1. The summed E-state index contributed by atoms with van der Waals surface area (Å²) in [5.74, 6) is -1.58. The van der Waals surface area contributed by atoms with E-state index in [1.165, 1.54) is 0 Å². The minimum absolute atomic E-state index is 0.0651. The Hall–Kier alpha value is -1.24. The fraction of sp³-hybridized carbons (Fsp3) is 0.250. The van der Waals surface area contributed by atoms with Gasteiger partial charge < -0.3 is 10.1 Å². The van der Waals surface area contributed by atoms with Crippen molar-refractivity contribution in [3.8, 4) is 0 Å². The van der Waals surface area contributed by atoms with Crippen LogP contribution in [0.5, 0.6) is 0 Å². The molecule has 7 heteroatoms. The number of aromatic nitrogens is 1. The van der Waals surface area contributed by atoms with E-state index in [-0.39, 0.29) is 10.9 Å². The molecule has 0 unspecified atom stereocenters. The second-order valence-corrected chi connectivity index (χ2v) is 3.23. The lowest BCUT2D eigenvalue weighted by molar-refractivity contribution is 0.0676. The molecule has 15 heavy (non-hydrogen) atoms. The van der Waals surface area contributed by atoms with Gasteiger partial charge in [-0.2, -0.15) is 0 Å². The Morgan fingerprint density at radius 3 is 2.60 bits per heavy atom. The summed E-state index contributed by atoms with van der Waals surface area (Å²) in [6.07, 6.45) is -2.01. The summed E-state index contributed by atoms with van der Waals surface area (Å²) in [5, 5.41) is 8.67. The molecule has 0 aliphatic rings.